The van der Waals surface area contributed by atoms with Crippen LogP contribution in [0.5, 0.6) is 0 Å². The Morgan fingerprint density at radius 3 is 1.56 bits per heavy atom. The molecular formula is C62H66BBrN14O6. The molecule has 22 heteroatoms. The summed E-state index contributed by atoms with van der Waals surface area (Å²) in [7, 11) is -0.301. The highest BCUT2D eigenvalue weighted by Gasteiger charge is 2.56. The Kier molecular flexibility index (Phi) is 13.9. The minimum atomic E-state index is -0.301. The van der Waals surface area contributed by atoms with E-state index in [0.717, 1.165) is 119 Å². The number of benzene rings is 2. The van der Waals surface area contributed by atoms with Crippen LogP contribution in [0.1, 0.15) is 137 Å². The lowest BCUT2D eigenvalue weighted by Gasteiger charge is -2.57. The smallest absolute Gasteiger partial charge is 0.399 e. The molecule has 10 aromatic rings. The molecule has 5 aliphatic rings. The summed E-state index contributed by atoms with van der Waals surface area (Å²) in [6.45, 7) is 14.0. The number of nitrogens with zero attached hydrogens (tertiary/aromatic N) is 10. The second kappa shape index (κ2) is 21.2. The second-order valence-corrected chi connectivity index (χ2v) is 25.6. The van der Waals surface area contributed by atoms with Gasteiger partial charge in [0.1, 0.15) is 22.7 Å². The van der Waals surface area contributed by atoms with Crippen molar-refractivity contribution in [2.75, 3.05) is 0 Å². The summed E-state index contributed by atoms with van der Waals surface area (Å²) in [5, 5.41) is 32.3. The summed E-state index contributed by atoms with van der Waals surface area (Å²) in [6, 6.07) is 23.4. The lowest BCUT2D eigenvalue weighted by molar-refractivity contribution is -0.0200. The van der Waals surface area contributed by atoms with Gasteiger partial charge in [0.25, 0.3) is 22.9 Å². The van der Waals surface area contributed by atoms with E-state index in [1.165, 1.54) is 0 Å². The minimum absolute atomic E-state index is 0.0844. The predicted molar refractivity (Wildman–Crippen MR) is 323 cm³/mol. The molecule has 20 nitrogen and oxygen atoms in total. The van der Waals surface area contributed by atoms with E-state index in [2.05, 4.69) is 109 Å². The normalized spacial score (nSPS) is 23.5. The lowest BCUT2D eigenvalue weighted by atomic mass is 9.49. The fourth-order valence-electron chi connectivity index (χ4n) is 13.4. The van der Waals surface area contributed by atoms with Crippen molar-refractivity contribution in [2.45, 2.75) is 141 Å². The monoisotopic (exact) mass is 1190 g/mol. The van der Waals surface area contributed by atoms with Crippen molar-refractivity contribution in [2.24, 2.45) is 10.8 Å². The lowest BCUT2D eigenvalue weighted by Crippen LogP contribution is -2.55. The van der Waals surface area contributed by atoms with Gasteiger partial charge in [0, 0.05) is 94.3 Å². The third kappa shape index (κ3) is 10.1. The molecule has 2 aromatic carbocycles. The average molecular weight is 1190 g/mol. The Morgan fingerprint density at radius 2 is 1.07 bits per heavy atom. The third-order valence-electron chi connectivity index (χ3n) is 18.6. The number of imidazole rings is 2. The molecule has 1 aliphatic heterocycles. The van der Waals surface area contributed by atoms with Crippen LogP contribution in [0.4, 0.5) is 0 Å². The van der Waals surface area contributed by atoms with E-state index >= 15 is 0 Å². The number of rotatable bonds is 10. The SMILES string of the molecule is CCn1cc(-c2ccn3c(C(=O)NC4CC5(C4)CC(c4n[nH]c(=O)c6ccccc46)C5)cnc3c2)cn1.CCn1cc(B2OC(C)(C)C(C)(C)O2)cn1.O=C(NC1CC2(C1)CC(c1n[nH]c(=O)c3ccccc13)C2)c1cnc2cc(Br)ccn12. The standard InChI is InChI=1S/C28H27N7O2.C23H20BrN5O2.C11H19BN2O2/c1-2-34-16-19(14-30-34)17-7-8-35-23(15-29-24(35)9-17)27(37)31-20-12-28(13-20)10-18(11-28)25-21-5-3-4-6-22(21)26(36)33-32-25;24-14-5-6-29-18(12-25-19(29)7-14)22(31)26-15-10-23(11-15)8-13(9-23)20-16-3-1-2-4-17(16)21(30)28-27-20;1-6-14-8-9(7-13-14)12-15-10(2,3)11(4,5)16-12/h3-9,14-16,18,20H,2,10-13H2,1H3,(H,31,37)(H,33,36);1-7,12-13,15H,8-11H2,(H,26,31)(H,28,30);7-8H,6H2,1-5H3. The topological polar surface area (TPSA) is 238 Å². The number of halogens is 1. The molecule has 430 valence electrons. The van der Waals surface area contributed by atoms with Gasteiger partial charge in [-0.15, -0.1) is 0 Å². The van der Waals surface area contributed by atoms with Gasteiger partial charge in [0.2, 0.25) is 0 Å². The van der Waals surface area contributed by atoms with E-state index in [-0.39, 0.29) is 64.2 Å². The Hall–Kier alpha value is -8.08. The molecule has 0 atom stereocenters. The number of fused-ring (bicyclic) bond motifs is 4. The van der Waals surface area contributed by atoms with E-state index in [0.29, 0.717) is 34.0 Å². The number of carbonyl (C=O) groups is 2. The molecule has 0 bridgehead atoms. The summed E-state index contributed by atoms with van der Waals surface area (Å²) >= 11 is 3.43. The molecule has 2 spiro atoms. The van der Waals surface area contributed by atoms with E-state index in [1.54, 1.807) is 16.8 Å². The molecule has 5 fully saturated rings. The quantitative estimate of drug-likeness (QED) is 0.0940. The van der Waals surface area contributed by atoms with Crippen molar-refractivity contribution < 1.29 is 18.9 Å². The summed E-state index contributed by atoms with van der Waals surface area (Å²) in [5.41, 5.74) is 7.29. The summed E-state index contributed by atoms with van der Waals surface area (Å²) in [6.07, 6.45) is 22.7. The van der Waals surface area contributed by atoms with E-state index < -0.39 is 0 Å². The number of aromatic nitrogens is 12. The zero-order chi connectivity index (χ0) is 58.3. The van der Waals surface area contributed by atoms with Crippen molar-refractivity contribution in [1.29, 1.82) is 0 Å². The van der Waals surface area contributed by atoms with Gasteiger partial charge in [0.05, 0.1) is 52.0 Å². The maximum Gasteiger partial charge on any atom is 0.498 e. The summed E-state index contributed by atoms with van der Waals surface area (Å²) in [4.78, 5) is 58.8. The molecule has 9 heterocycles. The molecular weight excluding hydrogens is 1130 g/mol. The van der Waals surface area contributed by atoms with Gasteiger partial charge in [-0.05, 0) is 146 Å². The third-order valence-corrected chi connectivity index (χ3v) is 19.1. The maximum absolute atomic E-state index is 13.1. The van der Waals surface area contributed by atoms with Crippen LogP contribution in [0.15, 0.2) is 136 Å². The van der Waals surface area contributed by atoms with Gasteiger partial charge in [-0.2, -0.15) is 20.4 Å². The first-order chi connectivity index (χ1) is 40.4. The van der Waals surface area contributed by atoms with Crippen LogP contribution in [-0.4, -0.2) is 101 Å². The highest BCUT2D eigenvalue weighted by molar-refractivity contribution is 9.10. The molecule has 0 radical (unpaired) electrons. The van der Waals surface area contributed by atoms with Crippen LogP contribution >= 0.6 is 15.9 Å². The van der Waals surface area contributed by atoms with Gasteiger partial charge in [-0.25, -0.2) is 20.2 Å². The highest BCUT2D eigenvalue weighted by Crippen LogP contribution is 2.63. The number of carbonyl (C=O) groups excluding carboxylic acids is 2. The number of amides is 2. The number of pyridine rings is 2. The molecule has 4 N–H and O–H groups in total. The molecule has 84 heavy (non-hydrogen) atoms. The van der Waals surface area contributed by atoms with Crippen molar-refractivity contribution >= 4 is 73.2 Å². The molecule has 4 aliphatic carbocycles. The molecule has 4 saturated carbocycles. The van der Waals surface area contributed by atoms with Gasteiger partial charge in [-0.1, -0.05) is 52.3 Å². The number of aromatic amines is 2. The Morgan fingerprint density at radius 1 is 0.607 bits per heavy atom. The maximum atomic E-state index is 13.1. The Balaban J connectivity index is 0.000000126. The molecule has 1 saturated heterocycles. The predicted octanol–water partition coefficient (Wildman–Crippen LogP) is 8.90. The molecule has 8 aromatic heterocycles. The zero-order valence-corrected chi connectivity index (χ0v) is 49.4. The molecule has 0 unspecified atom stereocenters. The van der Waals surface area contributed by atoms with Gasteiger partial charge >= 0.3 is 7.12 Å². The summed E-state index contributed by atoms with van der Waals surface area (Å²) < 4.78 is 20.2. The Labute approximate surface area is 492 Å². The zero-order valence-electron chi connectivity index (χ0n) is 47.8. The van der Waals surface area contributed by atoms with Gasteiger partial charge < -0.3 is 19.9 Å². The minimum Gasteiger partial charge on any atom is -0.399 e. The first-order valence-corrected chi connectivity index (χ1v) is 29.7. The number of H-pyrrole nitrogens is 2. The highest BCUT2D eigenvalue weighted by atomic mass is 79.9. The van der Waals surface area contributed by atoms with Crippen molar-refractivity contribution in [3.8, 4) is 11.1 Å². The second-order valence-electron chi connectivity index (χ2n) is 24.6. The van der Waals surface area contributed by atoms with Crippen LogP contribution in [0.25, 0.3) is 44.0 Å². The van der Waals surface area contributed by atoms with Crippen molar-refractivity contribution in [1.82, 2.24) is 69.4 Å². The first-order valence-electron chi connectivity index (χ1n) is 29.0. The first kappa shape index (κ1) is 55.1. The number of hydrogen-bond acceptors (Lipinski definition) is 12. The van der Waals surface area contributed by atoms with E-state index in [1.807, 2.05) is 124 Å². The average Bonchev–Trinajstić information content (AvgIpc) is 1.22. The van der Waals surface area contributed by atoms with Crippen LogP contribution in [-0.2, 0) is 22.4 Å². The van der Waals surface area contributed by atoms with Gasteiger partial charge in [-0.3, -0.25) is 37.3 Å². The van der Waals surface area contributed by atoms with Crippen molar-refractivity contribution in [3.05, 3.63) is 170 Å². The number of hydrogen-bond donors (Lipinski definition) is 4. The van der Waals surface area contributed by atoms with E-state index in [4.69, 9.17) is 9.31 Å². The van der Waals surface area contributed by atoms with Crippen LogP contribution < -0.4 is 27.2 Å². The fraction of sp³-hybridized carbons (Fsp3) is 0.387. The van der Waals surface area contributed by atoms with Crippen LogP contribution in [0, 0.1) is 10.8 Å². The molecule has 15 rings (SSSR count). The van der Waals surface area contributed by atoms with Gasteiger partial charge in [0.15, 0.2) is 0 Å². The van der Waals surface area contributed by atoms with Crippen molar-refractivity contribution in [3.63, 3.8) is 0 Å². The Bertz CT molecular complexity index is 4270. The largest absolute Gasteiger partial charge is 0.498 e. The summed E-state index contributed by atoms with van der Waals surface area (Å²) in [5.74, 6) is 0.522. The fourth-order valence-corrected chi connectivity index (χ4v) is 13.7. The molecule has 2 amide bonds. The van der Waals surface area contributed by atoms with Crippen LogP contribution in [0.2, 0.25) is 0 Å². The number of nitrogens with one attached hydrogen (secondary N) is 4. The van der Waals surface area contributed by atoms with E-state index in [9.17, 15) is 19.2 Å². The van der Waals surface area contributed by atoms with Crippen LogP contribution in [0.3, 0.4) is 0 Å². The number of aryl methyl sites for hydroxylation is 2.